The predicted molar refractivity (Wildman–Crippen MR) is 108 cm³/mol. The van der Waals surface area contributed by atoms with E-state index in [9.17, 15) is 13.2 Å². The molecule has 6 heteroatoms. The molecule has 1 heterocycles. The highest BCUT2D eigenvalue weighted by Gasteiger charge is 2.45. The lowest BCUT2D eigenvalue weighted by Gasteiger charge is -2.41. The van der Waals surface area contributed by atoms with Gasteiger partial charge in [0.25, 0.3) is 0 Å². The molecule has 0 bridgehead atoms. The highest BCUT2D eigenvalue weighted by Crippen LogP contribution is 2.43. The second kappa shape index (κ2) is 7.92. The fraction of sp³-hybridized carbons (Fsp3) is 0.667. The summed E-state index contributed by atoms with van der Waals surface area (Å²) in [7, 11) is -3.20. The Balaban J connectivity index is 1.76. The van der Waals surface area contributed by atoms with Crippen LogP contribution in [0.4, 0.5) is 0 Å². The number of nitrogens with zero attached hydrogens (tertiary/aromatic N) is 2. The first-order chi connectivity index (χ1) is 12.8. The largest absolute Gasteiger partial charge is 0.342 e. The molecule has 5 nitrogen and oxygen atoms in total. The van der Waals surface area contributed by atoms with Crippen molar-refractivity contribution in [1.82, 2.24) is 9.21 Å². The zero-order chi connectivity index (χ0) is 19.7. The van der Waals surface area contributed by atoms with Crippen molar-refractivity contribution >= 4 is 15.9 Å². The quantitative estimate of drug-likeness (QED) is 0.774. The molecule has 1 saturated heterocycles. The van der Waals surface area contributed by atoms with Gasteiger partial charge < -0.3 is 4.90 Å². The van der Waals surface area contributed by atoms with Crippen LogP contribution in [0.1, 0.15) is 56.6 Å². The standard InChI is InChI=1S/C21H32N2O3S/c1-4-23(27(3,25)26)19-10-14-22(15-11-19)20(24)21(12-5-6-13-21)18-9-7-8-17(2)16-18/h7-9,16,19H,4-6,10-15H2,1-3H3. The number of aryl methyl sites for hydroxylation is 1. The van der Waals surface area contributed by atoms with E-state index in [0.717, 1.165) is 44.1 Å². The molecular weight excluding hydrogens is 360 g/mol. The molecule has 0 radical (unpaired) electrons. The van der Waals surface area contributed by atoms with Gasteiger partial charge in [-0.05, 0) is 38.2 Å². The second-order valence-electron chi connectivity index (χ2n) is 8.15. The van der Waals surface area contributed by atoms with Crippen LogP contribution < -0.4 is 0 Å². The number of carbonyl (C=O) groups excluding carboxylic acids is 1. The van der Waals surface area contributed by atoms with Crippen LogP contribution in [-0.2, 0) is 20.2 Å². The maximum absolute atomic E-state index is 13.6. The molecule has 1 amide bonds. The van der Waals surface area contributed by atoms with Crippen LogP contribution in [-0.4, -0.2) is 55.5 Å². The fourth-order valence-electron chi connectivity index (χ4n) is 4.97. The summed E-state index contributed by atoms with van der Waals surface area (Å²) in [6.07, 6.45) is 6.73. The molecule has 0 atom stereocenters. The lowest BCUT2D eigenvalue weighted by atomic mass is 9.76. The molecule has 0 N–H and O–H groups in total. The maximum atomic E-state index is 13.6. The Bertz CT molecular complexity index is 776. The van der Waals surface area contributed by atoms with Crippen molar-refractivity contribution in [2.24, 2.45) is 0 Å². The summed E-state index contributed by atoms with van der Waals surface area (Å²) in [6, 6.07) is 8.40. The Morgan fingerprint density at radius 2 is 1.85 bits per heavy atom. The lowest BCUT2D eigenvalue weighted by Crippen LogP contribution is -2.52. The number of carbonyl (C=O) groups is 1. The number of sulfonamides is 1. The molecule has 3 rings (SSSR count). The summed E-state index contributed by atoms with van der Waals surface area (Å²) in [5, 5.41) is 0. The van der Waals surface area contributed by atoms with E-state index in [1.54, 1.807) is 4.31 Å². The van der Waals surface area contributed by atoms with Gasteiger partial charge in [-0.1, -0.05) is 49.6 Å². The van der Waals surface area contributed by atoms with Gasteiger partial charge >= 0.3 is 0 Å². The lowest BCUT2D eigenvalue weighted by molar-refractivity contribution is -0.138. The van der Waals surface area contributed by atoms with Crippen molar-refractivity contribution in [2.45, 2.75) is 63.8 Å². The SMILES string of the molecule is CCN(C1CCN(C(=O)C2(c3cccc(C)c3)CCCC2)CC1)S(C)(=O)=O. The van der Waals surface area contributed by atoms with Crippen LogP contribution in [0, 0.1) is 6.92 Å². The first-order valence-corrected chi connectivity index (χ1v) is 12.0. The number of rotatable bonds is 5. The molecule has 1 aliphatic heterocycles. The molecule has 1 aromatic carbocycles. The van der Waals surface area contributed by atoms with Crippen LogP contribution in [0.5, 0.6) is 0 Å². The normalized spacial score (nSPS) is 21.0. The van der Waals surface area contributed by atoms with Crippen molar-refractivity contribution < 1.29 is 13.2 Å². The Labute approximate surface area is 163 Å². The molecule has 150 valence electrons. The number of amides is 1. The third-order valence-corrected chi connectivity index (χ3v) is 7.74. The van der Waals surface area contributed by atoms with E-state index in [0.29, 0.717) is 19.6 Å². The van der Waals surface area contributed by atoms with Crippen LogP contribution in [0.25, 0.3) is 0 Å². The topological polar surface area (TPSA) is 57.7 Å². The van der Waals surface area contributed by atoms with Gasteiger partial charge in [-0.15, -0.1) is 0 Å². The van der Waals surface area contributed by atoms with E-state index in [4.69, 9.17) is 0 Å². The van der Waals surface area contributed by atoms with Crippen LogP contribution in [0.15, 0.2) is 24.3 Å². The smallest absolute Gasteiger partial charge is 0.233 e. The van der Waals surface area contributed by atoms with Gasteiger partial charge in [-0.3, -0.25) is 4.79 Å². The van der Waals surface area contributed by atoms with Crippen molar-refractivity contribution in [2.75, 3.05) is 25.9 Å². The van der Waals surface area contributed by atoms with Crippen LogP contribution in [0.2, 0.25) is 0 Å². The predicted octanol–water partition coefficient (Wildman–Crippen LogP) is 3.08. The van der Waals surface area contributed by atoms with E-state index in [1.807, 2.05) is 11.8 Å². The Kier molecular flexibility index (Phi) is 5.96. The molecule has 1 saturated carbocycles. The highest BCUT2D eigenvalue weighted by molar-refractivity contribution is 7.88. The summed E-state index contributed by atoms with van der Waals surface area (Å²) in [6.45, 7) is 5.73. The summed E-state index contributed by atoms with van der Waals surface area (Å²) in [5.41, 5.74) is 1.95. The highest BCUT2D eigenvalue weighted by atomic mass is 32.2. The van der Waals surface area contributed by atoms with Gasteiger partial charge in [0.1, 0.15) is 0 Å². The minimum absolute atomic E-state index is 0.00699. The molecule has 2 aliphatic rings. The second-order valence-corrected chi connectivity index (χ2v) is 10.1. The van der Waals surface area contributed by atoms with Gasteiger partial charge in [-0.2, -0.15) is 4.31 Å². The van der Waals surface area contributed by atoms with Crippen LogP contribution in [0.3, 0.4) is 0 Å². The Morgan fingerprint density at radius 1 is 1.22 bits per heavy atom. The number of hydrogen-bond acceptors (Lipinski definition) is 3. The van der Waals surface area contributed by atoms with Crippen molar-refractivity contribution in [3.63, 3.8) is 0 Å². The van der Waals surface area contributed by atoms with Gasteiger partial charge in [0.2, 0.25) is 15.9 Å². The zero-order valence-corrected chi connectivity index (χ0v) is 17.6. The van der Waals surface area contributed by atoms with Crippen molar-refractivity contribution in [1.29, 1.82) is 0 Å². The summed E-state index contributed by atoms with van der Waals surface area (Å²) < 4.78 is 25.6. The van der Waals surface area contributed by atoms with E-state index in [-0.39, 0.29) is 17.4 Å². The van der Waals surface area contributed by atoms with E-state index in [1.165, 1.54) is 11.8 Å². The average Bonchev–Trinajstić information content (AvgIpc) is 3.12. The van der Waals surface area contributed by atoms with Gasteiger partial charge in [0.05, 0.1) is 11.7 Å². The molecule has 1 aliphatic carbocycles. The van der Waals surface area contributed by atoms with E-state index >= 15 is 0 Å². The Hall–Kier alpha value is -1.40. The summed E-state index contributed by atoms with van der Waals surface area (Å²) in [5.74, 6) is 0.242. The van der Waals surface area contributed by atoms with Crippen molar-refractivity contribution in [3.05, 3.63) is 35.4 Å². The number of likely N-dealkylation sites (tertiary alicyclic amines) is 1. The molecule has 0 spiro atoms. The summed E-state index contributed by atoms with van der Waals surface area (Å²) in [4.78, 5) is 15.6. The third-order valence-electron chi connectivity index (χ3n) is 6.33. The number of hydrogen-bond donors (Lipinski definition) is 0. The molecule has 1 aromatic rings. The third kappa shape index (κ3) is 4.06. The summed E-state index contributed by atoms with van der Waals surface area (Å²) >= 11 is 0. The fourth-order valence-corrected chi connectivity index (χ4v) is 6.19. The maximum Gasteiger partial charge on any atom is 0.233 e. The monoisotopic (exact) mass is 392 g/mol. The van der Waals surface area contributed by atoms with E-state index < -0.39 is 10.0 Å². The molecular formula is C21H32N2O3S. The molecule has 0 unspecified atom stereocenters. The molecule has 2 fully saturated rings. The zero-order valence-electron chi connectivity index (χ0n) is 16.8. The minimum Gasteiger partial charge on any atom is -0.342 e. The van der Waals surface area contributed by atoms with Gasteiger partial charge in [0, 0.05) is 25.7 Å². The van der Waals surface area contributed by atoms with Crippen LogP contribution >= 0.6 is 0 Å². The Morgan fingerprint density at radius 3 is 2.37 bits per heavy atom. The van der Waals surface area contributed by atoms with E-state index in [2.05, 4.69) is 31.2 Å². The molecule has 27 heavy (non-hydrogen) atoms. The average molecular weight is 393 g/mol. The van der Waals surface area contributed by atoms with Gasteiger partial charge in [0.15, 0.2) is 0 Å². The van der Waals surface area contributed by atoms with Gasteiger partial charge in [-0.25, -0.2) is 8.42 Å². The number of benzene rings is 1. The first-order valence-electron chi connectivity index (χ1n) is 10.1. The first kappa shape index (κ1) is 20.3. The van der Waals surface area contributed by atoms with Crippen molar-refractivity contribution in [3.8, 4) is 0 Å². The molecule has 0 aromatic heterocycles. The minimum atomic E-state index is -3.20. The number of piperidine rings is 1.